The topological polar surface area (TPSA) is 64.8 Å². The van der Waals surface area contributed by atoms with Crippen LogP contribution in [0.15, 0.2) is 24.3 Å². The molecule has 0 aromatic heterocycles. The molecule has 2 fully saturated rings. The normalized spacial score (nSPS) is 24.3. The van der Waals surface area contributed by atoms with Gasteiger partial charge in [-0.05, 0) is 37.1 Å². The SMILES string of the molecule is NC(=O)c1ccc(CN2CCC[C@H](C3OCCO3)C2)cc1. The summed E-state index contributed by atoms with van der Waals surface area (Å²) in [5, 5.41) is 0. The Hall–Kier alpha value is -1.43. The zero-order valence-electron chi connectivity index (χ0n) is 12.2. The molecule has 0 spiro atoms. The predicted molar refractivity (Wildman–Crippen MR) is 78.7 cm³/mol. The van der Waals surface area contributed by atoms with E-state index in [1.165, 1.54) is 18.4 Å². The van der Waals surface area contributed by atoms with Crippen molar-refractivity contribution < 1.29 is 14.3 Å². The second-order valence-electron chi connectivity index (χ2n) is 5.81. The number of ether oxygens (including phenoxy) is 2. The Bertz CT molecular complexity index is 483. The molecule has 2 N–H and O–H groups in total. The minimum absolute atomic E-state index is 0.0231. The highest BCUT2D eigenvalue weighted by Crippen LogP contribution is 2.25. The van der Waals surface area contributed by atoms with Gasteiger partial charge in [0.15, 0.2) is 6.29 Å². The predicted octanol–water partition coefficient (Wildman–Crippen LogP) is 1.37. The highest BCUT2D eigenvalue weighted by Gasteiger charge is 2.30. The Labute approximate surface area is 125 Å². The van der Waals surface area contributed by atoms with Gasteiger partial charge in [-0.15, -0.1) is 0 Å². The fourth-order valence-electron chi connectivity index (χ4n) is 3.14. The van der Waals surface area contributed by atoms with Gasteiger partial charge in [0, 0.05) is 24.6 Å². The van der Waals surface area contributed by atoms with Crippen LogP contribution in [0.5, 0.6) is 0 Å². The molecule has 1 aromatic rings. The maximum absolute atomic E-state index is 11.1. The lowest BCUT2D eigenvalue weighted by Crippen LogP contribution is -2.40. The Morgan fingerprint density at radius 2 is 1.95 bits per heavy atom. The van der Waals surface area contributed by atoms with E-state index in [0.29, 0.717) is 11.5 Å². The number of primary amides is 1. The maximum Gasteiger partial charge on any atom is 0.248 e. The molecule has 0 radical (unpaired) electrons. The van der Waals surface area contributed by atoms with Crippen molar-refractivity contribution in [3.8, 4) is 0 Å². The van der Waals surface area contributed by atoms with Crippen molar-refractivity contribution in [1.29, 1.82) is 0 Å². The van der Waals surface area contributed by atoms with Crippen LogP contribution in [0.3, 0.4) is 0 Å². The molecule has 1 atom stereocenters. The Balaban J connectivity index is 1.57. The average molecular weight is 290 g/mol. The number of amides is 1. The molecule has 0 bridgehead atoms. The van der Waals surface area contributed by atoms with Gasteiger partial charge in [0.2, 0.25) is 5.91 Å². The molecule has 2 heterocycles. The Morgan fingerprint density at radius 3 is 2.62 bits per heavy atom. The third kappa shape index (κ3) is 3.61. The van der Waals surface area contributed by atoms with Gasteiger partial charge in [-0.1, -0.05) is 12.1 Å². The minimum Gasteiger partial charge on any atom is -0.366 e. The van der Waals surface area contributed by atoms with Gasteiger partial charge < -0.3 is 15.2 Å². The number of hydrogen-bond acceptors (Lipinski definition) is 4. The summed E-state index contributed by atoms with van der Waals surface area (Å²) in [6.45, 7) is 4.43. The van der Waals surface area contributed by atoms with Crippen LogP contribution in [0.1, 0.15) is 28.8 Å². The first-order valence-electron chi connectivity index (χ1n) is 7.56. The molecule has 0 saturated carbocycles. The van der Waals surface area contributed by atoms with E-state index in [1.807, 2.05) is 12.1 Å². The Kier molecular flexibility index (Phi) is 4.53. The largest absolute Gasteiger partial charge is 0.366 e. The average Bonchev–Trinajstić information content (AvgIpc) is 3.02. The molecular weight excluding hydrogens is 268 g/mol. The Morgan fingerprint density at radius 1 is 1.24 bits per heavy atom. The summed E-state index contributed by atoms with van der Waals surface area (Å²) >= 11 is 0. The smallest absolute Gasteiger partial charge is 0.248 e. The molecule has 1 aromatic carbocycles. The lowest BCUT2D eigenvalue weighted by Gasteiger charge is -2.34. The van der Waals surface area contributed by atoms with Crippen LogP contribution in [0.25, 0.3) is 0 Å². The van der Waals surface area contributed by atoms with Gasteiger partial charge in [0.05, 0.1) is 13.2 Å². The van der Waals surface area contributed by atoms with Crippen LogP contribution in [0.4, 0.5) is 0 Å². The first kappa shape index (κ1) is 14.5. The molecule has 114 valence electrons. The highest BCUT2D eigenvalue weighted by molar-refractivity contribution is 5.92. The molecular formula is C16H22N2O3. The molecule has 0 aliphatic carbocycles. The van der Waals surface area contributed by atoms with Crippen LogP contribution < -0.4 is 5.73 Å². The van der Waals surface area contributed by atoms with Crippen molar-refractivity contribution in [1.82, 2.24) is 4.90 Å². The quantitative estimate of drug-likeness (QED) is 0.909. The maximum atomic E-state index is 11.1. The number of rotatable bonds is 4. The van der Waals surface area contributed by atoms with Gasteiger partial charge in [-0.25, -0.2) is 0 Å². The first-order valence-corrected chi connectivity index (χ1v) is 7.56. The zero-order valence-corrected chi connectivity index (χ0v) is 12.2. The number of benzene rings is 1. The summed E-state index contributed by atoms with van der Waals surface area (Å²) in [7, 11) is 0. The van der Waals surface area contributed by atoms with Crippen molar-refractivity contribution in [3.63, 3.8) is 0 Å². The monoisotopic (exact) mass is 290 g/mol. The fraction of sp³-hybridized carbons (Fsp3) is 0.562. The minimum atomic E-state index is -0.380. The highest BCUT2D eigenvalue weighted by atomic mass is 16.7. The summed E-state index contributed by atoms with van der Waals surface area (Å²) in [6.07, 6.45) is 2.32. The number of carbonyl (C=O) groups excluding carboxylic acids is 1. The molecule has 2 aliphatic heterocycles. The lowest BCUT2D eigenvalue weighted by atomic mass is 9.97. The van der Waals surface area contributed by atoms with Gasteiger partial charge >= 0.3 is 0 Å². The number of likely N-dealkylation sites (tertiary alicyclic amines) is 1. The molecule has 1 amide bonds. The number of nitrogens with zero attached hydrogens (tertiary/aromatic N) is 1. The molecule has 5 heteroatoms. The molecule has 5 nitrogen and oxygen atoms in total. The van der Waals surface area contributed by atoms with E-state index in [2.05, 4.69) is 4.90 Å². The van der Waals surface area contributed by atoms with Crippen molar-refractivity contribution >= 4 is 5.91 Å². The summed E-state index contributed by atoms with van der Waals surface area (Å²) in [6, 6.07) is 7.54. The second kappa shape index (κ2) is 6.56. The van der Waals surface area contributed by atoms with E-state index in [9.17, 15) is 4.79 Å². The molecule has 2 aliphatic rings. The summed E-state index contributed by atoms with van der Waals surface area (Å²) in [5.74, 6) is 0.0845. The summed E-state index contributed by atoms with van der Waals surface area (Å²) in [5.41, 5.74) is 7.02. The summed E-state index contributed by atoms with van der Waals surface area (Å²) < 4.78 is 11.3. The van der Waals surface area contributed by atoms with E-state index in [0.717, 1.165) is 32.8 Å². The van der Waals surface area contributed by atoms with Gasteiger partial charge in [0.1, 0.15) is 0 Å². The van der Waals surface area contributed by atoms with E-state index < -0.39 is 0 Å². The molecule has 21 heavy (non-hydrogen) atoms. The van der Waals surface area contributed by atoms with Crippen LogP contribution >= 0.6 is 0 Å². The van der Waals surface area contributed by atoms with Crippen LogP contribution in [-0.2, 0) is 16.0 Å². The molecule has 2 saturated heterocycles. The van der Waals surface area contributed by atoms with Crippen LogP contribution in [0.2, 0.25) is 0 Å². The number of hydrogen-bond donors (Lipinski definition) is 1. The van der Waals surface area contributed by atoms with E-state index in [-0.39, 0.29) is 12.2 Å². The van der Waals surface area contributed by atoms with Gasteiger partial charge in [0.25, 0.3) is 0 Å². The van der Waals surface area contributed by atoms with Crippen molar-refractivity contribution in [2.75, 3.05) is 26.3 Å². The third-order valence-corrected chi connectivity index (χ3v) is 4.22. The van der Waals surface area contributed by atoms with Crippen LogP contribution in [-0.4, -0.2) is 43.4 Å². The van der Waals surface area contributed by atoms with Crippen LogP contribution in [0, 0.1) is 5.92 Å². The van der Waals surface area contributed by atoms with E-state index in [4.69, 9.17) is 15.2 Å². The standard InChI is InChI=1S/C16H22N2O3/c17-15(19)13-5-3-12(4-6-13)10-18-7-1-2-14(11-18)16-20-8-9-21-16/h3-6,14,16H,1-2,7-11H2,(H2,17,19)/t14-/m0/s1. The fourth-order valence-corrected chi connectivity index (χ4v) is 3.14. The lowest BCUT2D eigenvalue weighted by molar-refractivity contribution is -0.101. The van der Waals surface area contributed by atoms with Crippen molar-refractivity contribution in [2.45, 2.75) is 25.7 Å². The first-order chi connectivity index (χ1) is 10.2. The zero-order chi connectivity index (χ0) is 14.7. The van der Waals surface area contributed by atoms with Gasteiger partial charge in [-0.3, -0.25) is 9.69 Å². The number of nitrogens with two attached hydrogens (primary N) is 1. The second-order valence-corrected chi connectivity index (χ2v) is 5.81. The van der Waals surface area contributed by atoms with Crippen molar-refractivity contribution in [3.05, 3.63) is 35.4 Å². The van der Waals surface area contributed by atoms with E-state index >= 15 is 0 Å². The summed E-state index contributed by atoms with van der Waals surface area (Å²) in [4.78, 5) is 13.5. The van der Waals surface area contributed by atoms with Gasteiger partial charge in [-0.2, -0.15) is 0 Å². The molecule has 0 unspecified atom stereocenters. The number of piperidine rings is 1. The third-order valence-electron chi connectivity index (χ3n) is 4.22. The molecule has 3 rings (SSSR count). The van der Waals surface area contributed by atoms with Crippen molar-refractivity contribution in [2.24, 2.45) is 11.7 Å². The van der Waals surface area contributed by atoms with E-state index in [1.54, 1.807) is 12.1 Å². The number of carbonyl (C=O) groups is 1.